The molecule has 0 aliphatic rings. The smallest absolute Gasteiger partial charge is 0.269 e. The number of aryl methyl sites for hydroxylation is 2. The quantitative estimate of drug-likeness (QED) is 0.521. The second-order valence-corrected chi connectivity index (χ2v) is 7.74. The van der Waals surface area contributed by atoms with Crippen LogP contribution in [-0.4, -0.2) is 25.5 Å². The molecule has 0 heterocycles. The van der Waals surface area contributed by atoms with Gasteiger partial charge in [0.15, 0.2) is 0 Å². The van der Waals surface area contributed by atoms with Crippen LogP contribution in [0, 0.1) is 19.3 Å². The average molecular weight is 399 g/mol. The Morgan fingerprint density at radius 1 is 1.00 bits per heavy atom. The van der Waals surface area contributed by atoms with Crippen LogP contribution < -0.4 is 20.3 Å². The van der Waals surface area contributed by atoms with E-state index in [9.17, 15) is 9.59 Å². The molecule has 0 radical (unpaired) electrons. The van der Waals surface area contributed by atoms with Gasteiger partial charge in [0.2, 0.25) is 5.91 Å². The second kappa shape index (κ2) is 9.96. The lowest BCUT2D eigenvalue weighted by Crippen LogP contribution is -2.47. The zero-order valence-electron chi connectivity index (χ0n) is 17.8. The Hall–Kier alpha value is -3.02. The highest BCUT2D eigenvalue weighted by Crippen LogP contribution is 2.24. The summed E-state index contributed by atoms with van der Waals surface area (Å²) >= 11 is 0. The molecule has 6 heteroatoms. The predicted molar refractivity (Wildman–Crippen MR) is 113 cm³/mol. The van der Waals surface area contributed by atoms with E-state index in [0.717, 1.165) is 23.3 Å². The number of hydrogen-bond donors (Lipinski definition) is 2. The lowest BCUT2D eigenvalue weighted by atomic mass is 9.87. The van der Waals surface area contributed by atoms with E-state index in [1.54, 1.807) is 31.4 Å². The summed E-state index contributed by atoms with van der Waals surface area (Å²) in [4.78, 5) is 24.6. The number of hydrogen-bond acceptors (Lipinski definition) is 4. The highest BCUT2D eigenvalue weighted by atomic mass is 16.5. The number of nitrogens with one attached hydrogen (secondary N) is 2. The first-order valence-electron chi connectivity index (χ1n) is 9.68. The molecular formula is C23H30N2O4. The van der Waals surface area contributed by atoms with Gasteiger partial charge in [0, 0.05) is 11.0 Å². The van der Waals surface area contributed by atoms with Crippen molar-refractivity contribution in [3.8, 4) is 11.5 Å². The standard InChI is InChI=1S/C23H30N2O4/c1-16-7-8-17(2)20(15-16)29-14-6-13-23(3,4)22(27)25-24-21(26)18-9-11-19(28-5)12-10-18/h7-12,15H,6,13-14H2,1-5H3,(H,24,26)(H,25,27). The maximum Gasteiger partial charge on any atom is 0.269 e. The largest absolute Gasteiger partial charge is 0.497 e. The highest BCUT2D eigenvalue weighted by Gasteiger charge is 2.27. The van der Waals surface area contributed by atoms with E-state index in [0.29, 0.717) is 24.3 Å². The summed E-state index contributed by atoms with van der Waals surface area (Å²) in [5, 5.41) is 0. The van der Waals surface area contributed by atoms with Gasteiger partial charge >= 0.3 is 0 Å². The normalized spacial score (nSPS) is 10.9. The molecular weight excluding hydrogens is 368 g/mol. The third kappa shape index (κ3) is 6.52. The van der Waals surface area contributed by atoms with Crippen LogP contribution in [0.2, 0.25) is 0 Å². The van der Waals surface area contributed by atoms with Gasteiger partial charge in [-0.25, -0.2) is 0 Å². The van der Waals surface area contributed by atoms with Gasteiger partial charge in [0.05, 0.1) is 13.7 Å². The third-order valence-corrected chi connectivity index (χ3v) is 4.80. The Balaban J connectivity index is 1.78. The zero-order valence-corrected chi connectivity index (χ0v) is 17.8. The number of hydrazine groups is 1. The molecule has 2 aromatic rings. The number of methoxy groups -OCH3 is 1. The van der Waals surface area contributed by atoms with E-state index in [1.165, 1.54) is 0 Å². The predicted octanol–water partition coefficient (Wildman–Crippen LogP) is 3.96. The lowest BCUT2D eigenvalue weighted by molar-refractivity contribution is -0.130. The molecule has 0 bridgehead atoms. The Morgan fingerprint density at radius 2 is 1.69 bits per heavy atom. The van der Waals surface area contributed by atoms with Crippen molar-refractivity contribution < 1.29 is 19.1 Å². The first-order chi connectivity index (χ1) is 13.7. The maximum absolute atomic E-state index is 12.5. The van der Waals surface area contributed by atoms with Crippen LogP contribution in [0.15, 0.2) is 42.5 Å². The molecule has 0 atom stereocenters. The molecule has 0 spiro atoms. The van der Waals surface area contributed by atoms with E-state index in [4.69, 9.17) is 9.47 Å². The summed E-state index contributed by atoms with van der Waals surface area (Å²) in [6.07, 6.45) is 1.35. The Morgan fingerprint density at radius 3 is 2.34 bits per heavy atom. The van der Waals surface area contributed by atoms with Crippen LogP contribution in [0.5, 0.6) is 11.5 Å². The van der Waals surface area contributed by atoms with Crippen LogP contribution in [0.4, 0.5) is 0 Å². The molecule has 0 aromatic heterocycles. The molecule has 0 saturated heterocycles. The molecule has 0 fully saturated rings. The molecule has 0 aliphatic carbocycles. The van der Waals surface area contributed by atoms with Crippen LogP contribution in [-0.2, 0) is 4.79 Å². The van der Waals surface area contributed by atoms with Crippen molar-refractivity contribution in [3.05, 3.63) is 59.2 Å². The topological polar surface area (TPSA) is 76.7 Å². The first-order valence-corrected chi connectivity index (χ1v) is 9.68. The van der Waals surface area contributed by atoms with Crippen molar-refractivity contribution in [2.75, 3.05) is 13.7 Å². The number of benzene rings is 2. The summed E-state index contributed by atoms with van der Waals surface area (Å²) in [5.41, 5.74) is 7.01. The van der Waals surface area contributed by atoms with Gasteiger partial charge in [-0.2, -0.15) is 0 Å². The number of carbonyl (C=O) groups is 2. The Bertz CT molecular complexity index is 844. The van der Waals surface area contributed by atoms with E-state index in [-0.39, 0.29) is 11.8 Å². The van der Waals surface area contributed by atoms with Gasteiger partial charge < -0.3 is 9.47 Å². The number of carbonyl (C=O) groups excluding carboxylic acids is 2. The molecule has 156 valence electrons. The number of amides is 2. The summed E-state index contributed by atoms with van der Waals surface area (Å²) in [6.45, 7) is 8.26. The van der Waals surface area contributed by atoms with Crippen molar-refractivity contribution in [1.29, 1.82) is 0 Å². The van der Waals surface area contributed by atoms with Crippen molar-refractivity contribution in [2.24, 2.45) is 5.41 Å². The fourth-order valence-corrected chi connectivity index (χ4v) is 2.77. The first kappa shape index (κ1) is 22.3. The van der Waals surface area contributed by atoms with Crippen molar-refractivity contribution in [2.45, 2.75) is 40.5 Å². The summed E-state index contributed by atoms with van der Waals surface area (Å²) in [6, 6.07) is 12.8. The summed E-state index contributed by atoms with van der Waals surface area (Å²) < 4.78 is 10.9. The molecule has 2 rings (SSSR count). The second-order valence-electron chi connectivity index (χ2n) is 7.74. The highest BCUT2D eigenvalue weighted by molar-refractivity contribution is 5.95. The Labute approximate surface area is 172 Å². The molecule has 2 N–H and O–H groups in total. The van der Waals surface area contributed by atoms with Crippen LogP contribution in [0.1, 0.15) is 48.2 Å². The summed E-state index contributed by atoms with van der Waals surface area (Å²) in [7, 11) is 1.56. The number of ether oxygens (including phenoxy) is 2. The monoisotopic (exact) mass is 398 g/mol. The van der Waals surface area contributed by atoms with Gasteiger partial charge in [0.25, 0.3) is 5.91 Å². The van der Waals surface area contributed by atoms with Gasteiger partial charge in [-0.05, 0) is 68.1 Å². The van der Waals surface area contributed by atoms with Gasteiger partial charge in [0.1, 0.15) is 11.5 Å². The number of rotatable bonds is 8. The van der Waals surface area contributed by atoms with Crippen molar-refractivity contribution >= 4 is 11.8 Å². The van der Waals surface area contributed by atoms with E-state index in [1.807, 2.05) is 39.8 Å². The van der Waals surface area contributed by atoms with Gasteiger partial charge in [-0.3, -0.25) is 20.4 Å². The van der Waals surface area contributed by atoms with E-state index < -0.39 is 5.41 Å². The Kier molecular flexibility index (Phi) is 7.65. The minimum Gasteiger partial charge on any atom is -0.497 e. The third-order valence-electron chi connectivity index (χ3n) is 4.80. The average Bonchev–Trinajstić information content (AvgIpc) is 2.71. The molecule has 0 unspecified atom stereocenters. The molecule has 0 aliphatic heterocycles. The lowest BCUT2D eigenvalue weighted by Gasteiger charge is -2.23. The maximum atomic E-state index is 12.5. The van der Waals surface area contributed by atoms with E-state index in [2.05, 4.69) is 16.9 Å². The van der Waals surface area contributed by atoms with Crippen molar-refractivity contribution in [3.63, 3.8) is 0 Å². The van der Waals surface area contributed by atoms with Crippen molar-refractivity contribution in [1.82, 2.24) is 10.9 Å². The van der Waals surface area contributed by atoms with Gasteiger partial charge in [-0.15, -0.1) is 0 Å². The summed E-state index contributed by atoms with van der Waals surface area (Å²) in [5.74, 6) is 0.912. The minimum atomic E-state index is -0.641. The van der Waals surface area contributed by atoms with E-state index >= 15 is 0 Å². The molecule has 2 amide bonds. The van der Waals surface area contributed by atoms with Gasteiger partial charge in [-0.1, -0.05) is 26.0 Å². The van der Waals surface area contributed by atoms with Crippen LogP contribution in [0.3, 0.4) is 0 Å². The molecule has 2 aromatic carbocycles. The zero-order chi connectivity index (χ0) is 21.4. The SMILES string of the molecule is COc1ccc(C(=O)NNC(=O)C(C)(C)CCCOc2cc(C)ccc2C)cc1. The van der Waals surface area contributed by atoms with Crippen LogP contribution in [0.25, 0.3) is 0 Å². The van der Waals surface area contributed by atoms with Crippen LogP contribution >= 0.6 is 0 Å². The molecule has 6 nitrogen and oxygen atoms in total. The molecule has 29 heavy (non-hydrogen) atoms. The molecule has 0 saturated carbocycles. The minimum absolute atomic E-state index is 0.244. The fraction of sp³-hybridized carbons (Fsp3) is 0.391. The fourth-order valence-electron chi connectivity index (χ4n) is 2.77.